The topological polar surface area (TPSA) is 29.1 Å². The van der Waals surface area contributed by atoms with Crippen LogP contribution in [0.4, 0.5) is 5.69 Å². The Morgan fingerprint density at radius 3 is 2.90 bits per heavy atom. The second-order valence-corrected chi connectivity index (χ2v) is 6.67. The van der Waals surface area contributed by atoms with Gasteiger partial charge in [0.05, 0.1) is 5.25 Å². The van der Waals surface area contributed by atoms with Gasteiger partial charge in [-0.25, -0.2) is 0 Å². The number of aryl methyl sites for hydroxylation is 2. The number of thioether (sulfide) groups is 1. The molecule has 1 heterocycles. The molecule has 0 radical (unpaired) electrons. The Bertz CT molecular complexity index is 681. The third kappa shape index (κ3) is 2.98. The number of carbonyl (C=O) groups is 1. The van der Waals surface area contributed by atoms with Crippen molar-refractivity contribution >= 4 is 23.4 Å². The summed E-state index contributed by atoms with van der Waals surface area (Å²) in [6, 6.07) is 14.5. The van der Waals surface area contributed by atoms with Crippen LogP contribution in [0.25, 0.3) is 0 Å². The largest absolute Gasteiger partial charge is 0.325 e. The fourth-order valence-electron chi connectivity index (χ4n) is 2.64. The summed E-state index contributed by atoms with van der Waals surface area (Å²) in [6.07, 6.45) is 1.74. The Hall–Kier alpha value is -1.74. The maximum Gasteiger partial charge on any atom is 0.238 e. The molecule has 1 aliphatic rings. The third-order valence-electron chi connectivity index (χ3n) is 3.85. The van der Waals surface area contributed by atoms with E-state index in [2.05, 4.69) is 43.4 Å². The van der Waals surface area contributed by atoms with Crippen molar-refractivity contribution in [3.63, 3.8) is 0 Å². The summed E-state index contributed by atoms with van der Waals surface area (Å²) >= 11 is 1.68. The standard InChI is InChI=1S/C18H19NOS/c1-3-13-6-4-5-7-15(13)19-18(20)17-11-14-9-8-12(2)10-16(14)21-17/h4-10,17H,3,11H2,1-2H3,(H,19,20)/t17-/m1/s1. The summed E-state index contributed by atoms with van der Waals surface area (Å²) in [6.45, 7) is 4.19. The minimum atomic E-state index is -0.0216. The molecular weight excluding hydrogens is 278 g/mol. The average molecular weight is 297 g/mol. The van der Waals surface area contributed by atoms with E-state index < -0.39 is 0 Å². The van der Waals surface area contributed by atoms with Gasteiger partial charge >= 0.3 is 0 Å². The fraction of sp³-hybridized carbons (Fsp3) is 0.278. The summed E-state index contributed by atoms with van der Waals surface area (Å²) in [5.41, 5.74) is 4.66. The van der Waals surface area contributed by atoms with Crippen LogP contribution in [-0.4, -0.2) is 11.2 Å². The Balaban J connectivity index is 1.73. The first-order chi connectivity index (χ1) is 10.2. The molecule has 2 nitrogen and oxygen atoms in total. The average Bonchev–Trinajstić information content (AvgIpc) is 2.91. The molecule has 1 N–H and O–H groups in total. The number of benzene rings is 2. The van der Waals surface area contributed by atoms with E-state index in [1.807, 2.05) is 18.2 Å². The lowest BCUT2D eigenvalue weighted by atomic mass is 10.1. The van der Waals surface area contributed by atoms with Gasteiger partial charge in [-0.2, -0.15) is 0 Å². The van der Waals surface area contributed by atoms with Crippen LogP contribution in [0.15, 0.2) is 47.4 Å². The van der Waals surface area contributed by atoms with Crippen molar-refractivity contribution in [2.45, 2.75) is 36.8 Å². The lowest BCUT2D eigenvalue weighted by Crippen LogP contribution is -2.25. The molecule has 108 valence electrons. The molecule has 21 heavy (non-hydrogen) atoms. The van der Waals surface area contributed by atoms with Gasteiger partial charge in [-0.1, -0.05) is 42.8 Å². The van der Waals surface area contributed by atoms with Crippen LogP contribution in [0.2, 0.25) is 0 Å². The summed E-state index contributed by atoms with van der Waals surface area (Å²) < 4.78 is 0. The van der Waals surface area contributed by atoms with Gasteiger partial charge in [-0.05, 0) is 43.0 Å². The maximum absolute atomic E-state index is 12.5. The molecule has 0 saturated heterocycles. The normalized spacial score (nSPS) is 16.6. The second-order valence-electron chi connectivity index (χ2n) is 5.42. The molecule has 1 amide bonds. The van der Waals surface area contributed by atoms with Crippen molar-refractivity contribution in [2.24, 2.45) is 0 Å². The van der Waals surface area contributed by atoms with E-state index in [0.717, 1.165) is 18.5 Å². The quantitative estimate of drug-likeness (QED) is 0.919. The number of carbonyl (C=O) groups excluding carboxylic acids is 1. The van der Waals surface area contributed by atoms with Crippen LogP contribution in [0.5, 0.6) is 0 Å². The predicted octanol–water partition coefficient (Wildman–Crippen LogP) is 4.21. The van der Waals surface area contributed by atoms with E-state index in [1.54, 1.807) is 11.8 Å². The van der Waals surface area contributed by atoms with Crippen LogP contribution in [0.3, 0.4) is 0 Å². The lowest BCUT2D eigenvalue weighted by Gasteiger charge is -2.12. The molecule has 0 bridgehead atoms. The first-order valence-electron chi connectivity index (χ1n) is 7.32. The number of hydrogen-bond donors (Lipinski definition) is 1. The molecule has 0 fully saturated rings. The third-order valence-corrected chi connectivity index (χ3v) is 5.15. The Labute approximate surface area is 130 Å². The van der Waals surface area contributed by atoms with Crippen LogP contribution >= 0.6 is 11.8 Å². The number of hydrogen-bond acceptors (Lipinski definition) is 2. The van der Waals surface area contributed by atoms with Gasteiger partial charge in [0, 0.05) is 10.6 Å². The molecule has 1 atom stereocenters. The van der Waals surface area contributed by atoms with E-state index in [4.69, 9.17) is 0 Å². The first-order valence-corrected chi connectivity index (χ1v) is 8.20. The van der Waals surface area contributed by atoms with Crippen molar-refractivity contribution in [1.82, 2.24) is 0 Å². The molecule has 0 saturated carbocycles. The van der Waals surface area contributed by atoms with Gasteiger partial charge in [0.1, 0.15) is 0 Å². The number of amides is 1. The van der Waals surface area contributed by atoms with Crippen molar-refractivity contribution in [1.29, 1.82) is 0 Å². The van der Waals surface area contributed by atoms with Gasteiger partial charge in [0.15, 0.2) is 0 Å². The lowest BCUT2D eigenvalue weighted by molar-refractivity contribution is -0.115. The Morgan fingerprint density at radius 1 is 1.29 bits per heavy atom. The highest BCUT2D eigenvalue weighted by molar-refractivity contribution is 8.01. The van der Waals surface area contributed by atoms with Gasteiger partial charge < -0.3 is 5.32 Å². The number of fused-ring (bicyclic) bond motifs is 1. The highest BCUT2D eigenvalue weighted by Gasteiger charge is 2.28. The van der Waals surface area contributed by atoms with Gasteiger partial charge in [-0.3, -0.25) is 4.79 Å². The fourth-order valence-corrected chi connectivity index (χ4v) is 3.94. The summed E-state index contributed by atoms with van der Waals surface area (Å²) in [4.78, 5) is 13.8. The van der Waals surface area contributed by atoms with Crippen LogP contribution < -0.4 is 5.32 Å². The van der Waals surface area contributed by atoms with Gasteiger partial charge in [0.25, 0.3) is 0 Å². The number of rotatable bonds is 3. The van der Waals surface area contributed by atoms with Crippen LogP contribution in [0.1, 0.15) is 23.6 Å². The zero-order chi connectivity index (χ0) is 14.8. The van der Waals surface area contributed by atoms with Gasteiger partial charge in [-0.15, -0.1) is 11.8 Å². The summed E-state index contributed by atoms with van der Waals surface area (Å²) in [7, 11) is 0. The molecule has 3 rings (SSSR count). The van der Waals surface area contributed by atoms with Crippen LogP contribution in [-0.2, 0) is 17.6 Å². The van der Waals surface area contributed by atoms with Crippen molar-refractivity contribution < 1.29 is 4.79 Å². The molecule has 2 aromatic carbocycles. The van der Waals surface area contributed by atoms with E-state index in [1.165, 1.54) is 21.6 Å². The molecule has 1 aliphatic heterocycles. The van der Waals surface area contributed by atoms with E-state index >= 15 is 0 Å². The maximum atomic E-state index is 12.5. The summed E-state index contributed by atoms with van der Waals surface area (Å²) in [5.74, 6) is 0.106. The number of nitrogens with one attached hydrogen (secondary N) is 1. The molecule has 0 spiro atoms. The van der Waals surface area contributed by atoms with Gasteiger partial charge in [0.2, 0.25) is 5.91 Å². The number of para-hydroxylation sites is 1. The molecule has 2 aromatic rings. The Kier molecular flexibility index (Phi) is 4.02. The van der Waals surface area contributed by atoms with Crippen molar-refractivity contribution in [3.05, 3.63) is 59.2 Å². The highest BCUT2D eigenvalue weighted by atomic mass is 32.2. The SMILES string of the molecule is CCc1ccccc1NC(=O)[C@H]1Cc2ccc(C)cc2S1. The molecule has 0 unspecified atom stereocenters. The molecule has 0 aliphatic carbocycles. The van der Waals surface area contributed by atoms with Crippen LogP contribution in [0, 0.1) is 6.92 Å². The van der Waals surface area contributed by atoms with Crippen molar-refractivity contribution in [3.8, 4) is 0 Å². The van der Waals surface area contributed by atoms with E-state index in [-0.39, 0.29) is 11.2 Å². The zero-order valence-corrected chi connectivity index (χ0v) is 13.2. The predicted molar refractivity (Wildman–Crippen MR) is 89.0 cm³/mol. The minimum absolute atomic E-state index is 0.0216. The molecule has 0 aromatic heterocycles. The van der Waals surface area contributed by atoms with E-state index in [9.17, 15) is 4.79 Å². The second kappa shape index (κ2) is 5.94. The molecular formula is C18H19NOS. The minimum Gasteiger partial charge on any atom is -0.325 e. The zero-order valence-electron chi connectivity index (χ0n) is 12.3. The number of anilines is 1. The Morgan fingerprint density at radius 2 is 2.10 bits per heavy atom. The monoisotopic (exact) mass is 297 g/mol. The van der Waals surface area contributed by atoms with Crippen molar-refractivity contribution in [2.75, 3.05) is 5.32 Å². The first kappa shape index (κ1) is 14.2. The molecule has 3 heteroatoms. The van der Waals surface area contributed by atoms with E-state index in [0.29, 0.717) is 0 Å². The highest BCUT2D eigenvalue weighted by Crippen LogP contribution is 2.38. The smallest absolute Gasteiger partial charge is 0.238 e. The summed E-state index contributed by atoms with van der Waals surface area (Å²) in [5, 5.41) is 3.07.